The molecule has 0 aromatic heterocycles. The monoisotopic (exact) mass is 275 g/mol. The Morgan fingerprint density at radius 2 is 2.25 bits per heavy atom. The average molecular weight is 275 g/mol. The molecule has 110 valence electrons. The van der Waals surface area contributed by atoms with Crippen LogP contribution in [0.3, 0.4) is 0 Å². The smallest absolute Gasteiger partial charge is 0.253 e. The third-order valence-corrected chi connectivity index (χ3v) is 4.25. The Labute approximate surface area is 121 Å². The fraction of sp³-hybridized carbons (Fsp3) is 0.562. The summed E-state index contributed by atoms with van der Waals surface area (Å²) in [5.74, 6) is 0.116. The summed E-state index contributed by atoms with van der Waals surface area (Å²) in [6, 6.07) is 6.39. The fourth-order valence-electron chi connectivity index (χ4n) is 2.87. The van der Waals surface area contributed by atoms with Crippen molar-refractivity contribution in [2.24, 2.45) is 0 Å². The van der Waals surface area contributed by atoms with Crippen LogP contribution in [0.15, 0.2) is 18.2 Å². The highest BCUT2D eigenvalue weighted by atomic mass is 16.2. The van der Waals surface area contributed by atoms with E-state index in [0.29, 0.717) is 6.04 Å². The number of anilines is 1. The molecular formula is C16H25N3O. The lowest BCUT2D eigenvalue weighted by molar-refractivity contribution is 0.0761. The topological polar surface area (TPSA) is 35.6 Å². The maximum absolute atomic E-state index is 12.5. The normalized spacial score (nSPS) is 19.1. The molecule has 1 aromatic carbocycles. The lowest BCUT2D eigenvalue weighted by atomic mass is 10.1. The molecule has 1 saturated heterocycles. The number of nitrogens with one attached hydrogen (secondary N) is 1. The highest BCUT2D eigenvalue weighted by Gasteiger charge is 2.24. The molecule has 1 amide bonds. The highest BCUT2D eigenvalue weighted by Crippen LogP contribution is 2.19. The summed E-state index contributed by atoms with van der Waals surface area (Å²) in [7, 11) is 5.93. The number of carbonyl (C=O) groups is 1. The number of likely N-dealkylation sites (tertiary alicyclic amines) is 1. The first-order valence-electron chi connectivity index (χ1n) is 7.27. The summed E-state index contributed by atoms with van der Waals surface area (Å²) < 4.78 is 0. The number of benzene rings is 1. The van der Waals surface area contributed by atoms with Gasteiger partial charge in [-0.1, -0.05) is 0 Å². The lowest BCUT2D eigenvalue weighted by Gasteiger charge is -2.26. The molecule has 0 radical (unpaired) electrons. The molecule has 1 fully saturated rings. The van der Waals surface area contributed by atoms with Crippen LogP contribution >= 0.6 is 0 Å². The van der Waals surface area contributed by atoms with E-state index in [2.05, 4.69) is 17.3 Å². The van der Waals surface area contributed by atoms with Crippen molar-refractivity contribution >= 4 is 11.6 Å². The predicted octanol–water partition coefficient (Wildman–Crippen LogP) is 2.20. The van der Waals surface area contributed by atoms with Crippen LogP contribution in [-0.2, 0) is 0 Å². The van der Waals surface area contributed by atoms with Crippen molar-refractivity contribution in [3.05, 3.63) is 29.3 Å². The standard InChI is InChI=1S/C16H25N3O/c1-12-10-13(17-2)7-8-15(12)16(20)19(4)11-14-6-5-9-18(14)3/h7-8,10,14,17H,5-6,9,11H2,1-4H3. The van der Waals surface area contributed by atoms with Crippen LogP contribution < -0.4 is 5.32 Å². The van der Waals surface area contributed by atoms with E-state index >= 15 is 0 Å². The van der Waals surface area contributed by atoms with Crippen molar-refractivity contribution in [1.82, 2.24) is 9.80 Å². The molecule has 1 unspecified atom stereocenters. The number of hydrogen-bond donors (Lipinski definition) is 1. The van der Waals surface area contributed by atoms with Gasteiger partial charge in [0.05, 0.1) is 0 Å². The quantitative estimate of drug-likeness (QED) is 0.915. The number of carbonyl (C=O) groups excluding carboxylic acids is 1. The molecule has 0 aliphatic carbocycles. The van der Waals surface area contributed by atoms with E-state index in [0.717, 1.165) is 29.9 Å². The first-order chi connectivity index (χ1) is 9.52. The van der Waals surface area contributed by atoms with Gasteiger partial charge in [-0.2, -0.15) is 0 Å². The molecule has 1 aliphatic heterocycles. The van der Waals surface area contributed by atoms with E-state index in [-0.39, 0.29) is 5.91 Å². The number of likely N-dealkylation sites (N-methyl/N-ethyl adjacent to an activating group) is 2. The SMILES string of the molecule is CNc1ccc(C(=O)N(C)CC2CCCN2C)c(C)c1. The summed E-state index contributed by atoms with van der Waals surface area (Å²) in [4.78, 5) is 16.7. The zero-order valence-electron chi connectivity index (χ0n) is 12.9. The molecule has 1 N–H and O–H groups in total. The minimum absolute atomic E-state index is 0.116. The molecule has 0 saturated carbocycles. The van der Waals surface area contributed by atoms with Crippen molar-refractivity contribution in [3.8, 4) is 0 Å². The second kappa shape index (κ2) is 6.27. The molecule has 20 heavy (non-hydrogen) atoms. The lowest BCUT2D eigenvalue weighted by Crippen LogP contribution is -2.39. The van der Waals surface area contributed by atoms with E-state index in [4.69, 9.17) is 0 Å². The Balaban J connectivity index is 2.06. The van der Waals surface area contributed by atoms with Gasteiger partial charge in [0.15, 0.2) is 0 Å². The maximum Gasteiger partial charge on any atom is 0.253 e. The number of nitrogens with zero attached hydrogens (tertiary/aromatic N) is 2. The van der Waals surface area contributed by atoms with Crippen molar-refractivity contribution in [3.63, 3.8) is 0 Å². The third-order valence-electron chi connectivity index (χ3n) is 4.25. The molecule has 2 rings (SSSR count). The van der Waals surface area contributed by atoms with Gasteiger partial charge in [0.25, 0.3) is 5.91 Å². The Hall–Kier alpha value is -1.55. The zero-order chi connectivity index (χ0) is 14.7. The van der Waals surface area contributed by atoms with Crippen LogP contribution in [0.4, 0.5) is 5.69 Å². The van der Waals surface area contributed by atoms with Gasteiger partial charge in [-0.3, -0.25) is 4.79 Å². The van der Waals surface area contributed by atoms with E-state index in [1.165, 1.54) is 12.8 Å². The minimum atomic E-state index is 0.116. The summed E-state index contributed by atoms with van der Waals surface area (Å²) in [6.45, 7) is 3.94. The molecular weight excluding hydrogens is 250 g/mol. The second-order valence-electron chi connectivity index (χ2n) is 5.74. The Kier molecular flexibility index (Phi) is 4.65. The Bertz CT molecular complexity index is 487. The third kappa shape index (κ3) is 3.12. The molecule has 0 spiro atoms. The summed E-state index contributed by atoms with van der Waals surface area (Å²) in [5, 5.41) is 3.10. The van der Waals surface area contributed by atoms with Gasteiger partial charge >= 0.3 is 0 Å². The highest BCUT2D eigenvalue weighted by molar-refractivity contribution is 5.96. The first-order valence-corrected chi connectivity index (χ1v) is 7.27. The average Bonchev–Trinajstić information content (AvgIpc) is 2.83. The number of aryl methyl sites for hydroxylation is 1. The van der Waals surface area contributed by atoms with Crippen LogP contribution in [0.2, 0.25) is 0 Å². The molecule has 0 bridgehead atoms. The first kappa shape index (κ1) is 14.9. The van der Waals surface area contributed by atoms with Gasteiger partial charge in [-0.25, -0.2) is 0 Å². The molecule has 4 nitrogen and oxygen atoms in total. The van der Waals surface area contributed by atoms with Crippen LogP contribution in [0, 0.1) is 6.92 Å². The van der Waals surface area contributed by atoms with Crippen molar-refractivity contribution in [2.75, 3.05) is 39.5 Å². The van der Waals surface area contributed by atoms with Crippen molar-refractivity contribution < 1.29 is 4.79 Å². The van der Waals surface area contributed by atoms with E-state index in [1.54, 1.807) is 0 Å². The Morgan fingerprint density at radius 3 is 2.80 bits per heavy atom. The van der Waals surface area contributed by atoms with Crippen LogP contribution in [0.1, 0.15) is 28.8 Å². The zero-order valence-corrected chi connectivity index (χ0v) is 12.9. The fourth-order valence-corrected chi connectivity index (χ4v) is 2.87. The molecule has 1 aliphatic rings. The van der Waals surface area contributed by atoms with Crippen molar-refractivity contribution in [1.29, 1.82) is 0 Å². The number of rotatable bonds is 4. The largest absolute Gasteiger partial charge is 0.388 e. The minimum Gasteiger partial charge on any atom is -0.388 e. The molecule has 1 heterocycles. The second-order valence-corrected chi connectivity index (χ2v) is 5.74. The molecule has 1 atom stereocenters. The van der Waals surface area contributed by atoms with E-state index < -0.39 is 0 Å². The Morgan fingerprint density at radius 1 is 1.50 bits per heavy atom. The van der Waals surface area contributed by atoms with Gasteiger partial charge in [0, 0.05) is 37.9 Å². The van der Waals surface area contributed by atoms with Gasteiger partial charge in [-0.05, 0) is 57.1 Å². The summed E-state index contributed by atoms with van der Waals surface area (Å²) in [6.07, 6.45) is 2.42. The van der Waals surface area contributed by atoms with Gasteiger partial charge in [0.1, 0.15) is 0 Å². The van der Waals surface area contributed by atoms with Gasteiger partial charge < -0.3 is 15.1 Å². The van der Waals surface area contributed by atoms with Crippen molar-refractivity contribution in [2.45, 2.75) is 25.8 Å². The van der Waals surface area contributed by atoms with Gasteiger partial charge in [-0.15, -0.1) is 0 Å². The molecule has 1 aromatic rings. The predicted molar refractivity (Wildman–Crippen MR) is 83.3 cm³/mol. The van der Waals surface area contributed by atoms with Crippen LogP contribution in [-0.4, -0.2) is 56.0 Å². The van der Waals surface area contributed by atoms with Crippen LogP contribution in [0.5, 0.6) is 0 Å². The number of amides is 1. The number of hydrogen-bond acceptors (Lipinski definition) is 3. The summed E-state index contributed by atoms with van der Waals surface area (Å²) >= 11 is 0. The maximum atomic E-state index is 12.5. The van der Waals surface area contributed by atoms with Crippen LogP contribution in [0.25, 0.3) is 0 Å². The van der Waals surface area contributed by atoms with Gasteiger partial charge in [0.2, 0.25) is 0 Å². The molecule has 4 heteroatoms. The van der Waals surface area contributed by atoms with E-state index in [9.17, 15) is 4.79 Å². The summed E-state index contributed by atoms with van der Waals surface area (Å²) in [5.41, 5.74) is 2.86. The van der Waals surface area contributed by atoms with E-state index in [1.807, 2.05) is 44.1 Å².